The first kappa shape index (κ1) is 15.2. The topological polar surface area (TPSA) is 46.3 Å². The Hall–Kier alpha value is -0.850. The molecule has 0 aromatic heterocycles. The molecular formula is C11H17F3N2OS. The molecule has 0 radical (unpaired) electrons. The first-order chi connectivity index (χ1) is 8.19. The smallest absolute Gasteiger partial charge is 0.390 e. The van der Waals surface area contributed by atoms with E-state index in [1.54, 1.807) is 0 Å². The highest BCUT2D eigenvalue weighted by Gasteiger charge is 2.45. The van der Waals surface area contributed by atoms with E-state index in [0.717, 1.165) is 17.7 Å². The van der Waals surface area contributed by atoms with Crippen molar-refractivity contribution in [1.29, 1.82) is 0 Å². The lowest BCUT2D eigenvalue weighted by atomic mass is 9.84. The van der Waals surface area contributed by atoms with Gasteiger partial charge >= 0.3 is 6.18 Å². The summed E-state index contributed by atoms with van der Waals surface area (Å²) in [5.74, 6) is -0.378. The summed E-state index contributed by atoms with van der Waals surface area (Å²) in [5, 5.41) is 0. The summed E-state index contributed by atoms with van der Waals surface area (Å²) in [4.78, 5) is 13.4. The Balaban J connectivity index is 2.70. The quantitative estimate of drug-likeness (QED) is 0.804. The molecule has 3 nitrogen and oxygen atoms in total. The van der Waals surface area contributed by atoms with Crippen LogP contribution in [-0.2, 0) is 4.79 Å². The van der Waals surface area contributed by atoms with E-state index in [-0.39, 0.29) is 17.4 Å². The van der Waals surface area contributed by atoms with E-state index in [4.69, 9.17) is 18.0 Å². The number of hydrogen-bond acceptors (Lipinski definition) is 2. The molecule has 1 rings (SSSR count). The number of thiocarbonyl (C=S) groups is 1. The van der Waals surface area contributed by atoms with Crippen LogP contribution in [0, 0.1) is 5.41 Å². The largest absolute Gasteiger partial charge is 0.392 e. The number of hydrogen-bond donors (Lipinski definition) is 1. The number of halogens is 3. The van der Waals surface area contributed by atoms with E-state index in [0.29, 0.717) is 12.8 Å². The average Bonchev–Trinajstić information content (AvgIpc) is 2.74. The summed E-state index contributed by atoms with van der Waals surface area (Å²) in [6.45, 7) is -0.354. The summed E-state index contributed by atoms with van der Waals surface area (Å²) in [7, 11) is 1.37. The van der Waals surface area contributed by atoms with Crippen molar-refractivity contribution in [3.63, 3.8) is 0 Å². The molecule has 1 aliphatic carbocycles. The maximum absolute atomic E-state index is 12.2. The molecule has 0 atom stereocenters. The molecule has 0 unspecified atom stereocenters. The zero-order valence-corrected chi connectivity index (χ0v) is 11.0. The molecule has 0 heterocycles. The molecule has 7 heteroatoms. The highest BCUT2D eigenvalue weighted by molar-refractivity contribution is 7.80. The fourth-order valence-electron chi connectivity index (χ4n) is 2.31. The predicted molar refractivity (Wildman–Crippen MR) is 66.0 cm³/mol. The zero-order chi connectivity index (χ0) is 14.0. The van der Waals surface area contributed by atoms with Gasteiger partial charge in [0.1, 0.15) is 0 Å². The Kier molecular flexibility index (Phi) is 4.58. The Morgan fingerprint density at radius 3 is 2.28 bits per heavy atom. The van der Waals surface area contributed by atoms with Crippen molar-refractivity contribution < 1.29 is 18.0 Å². The van der Waals surface area contributed by atoms with Gasteiger partial charge in [-0.05, 0) is 12.8 Å². The highest BCUT2D eigenvalue weighted by Crippen LogP contribution is 2.40. The highest BCUT2D eigenvalue weighted by atomic mass is 32.1. The first-order valence-electron chi connectivity index (χ1n) is 5.81. The van der Waals surface area contributed by atoms with Crippen LogP contribution in [0.4, 0.5) is 13.2 Å². The SMILES string of the molecule is CN(CCC(F)(F)F)C(=O)C1(C(N)=S)CCCC1. The van der Waals surface area contributed by atoms with Crippen molar-refractivity contribution in [2.24, 2.45) is 11.1 Å². The lowest BCUT2D eigenvalue weighted by Gasteiger charge is -2.31. The van der Waals surface area contributed by atoms with E-state index in [9.17, 15) is 18.0 Å². The summed E-state index contributed by atoms with van der Waals surface area (Å²) in [6, 6.07) is 0. The molecule has 2 N–H and O–H groups in total. The van der Waals surface area contributed by atoms with Gasteiger partial charge in [-0.2, -0.15) is 13.2 Å². The van der Waals surface area contributed by atoms with Crippen molar-refractivity contribution in [1.82, 2.24) is 4.90 Å². The average molecular weight is 282 g/mol. The van der Waals surface area contributed by atoms with E-state index in [1.807, 2.05) is 0 Å². The third kappa shape index (κ3) is 3.34. The van der Waals surface area contributed by atoms with Gasteiger partial charge in [-0.25, -0.2) is 0 Å². The normalized spacial score (nSPS) is 18.7. The van der Waals surface area contributed by atoms with Gasteiger partial charge in [0.05, 0.1) is 16.8 Å². The van der Waals surface area contributed by atoms with Gasteiger partial charge in [0, 0.05) is 13.6 Å². The van der Waals surface area contributed by atoms with E-state index in [2.05, 4.69) is 0 Å². The molecule has 0 aliphatic heterocycles. The summed E-state index contributed by atoms with van der Waals surface area (Å²) in [6.07, 6.45) is -2.54. The van der Waals surface area contributed by atoms with Crippen molar-refractivity contribution in [2.45, 2.75) is 38.3 Å². The Labute approximate surface area is 109 Å². The van der Waals surface area contributed by atoms with Crippen molar-refractivity contribution >= 4 is 23.1 Å². The standard InChI is InChI=1S/C11H17F3N2OS/c1-16(7-6-11(12,13)14)9(17)10(8(15)18)4-2-3-5-10/h2-7H2,1H3,(H2,15,18). The molecule has 0 bridgehead atoms. The number of carbonyl (C=O) groups is 1. The minimum atomic E-state index is -4.26. The monoisotopic (exact) mass is 282 g/mol. The number of rotatable bonds is 4. The van der Waals surface area contributed by atoms with Gasteiger partial charge in [-0.3, -0.25) is 4.79 Å². The molecule has 0 aromatic carbocycles. The van der Waals surface area contributed by atoms with E-state index >= 15 is 0 Å². The number of alkyl halides is 3. The van der Waals surface area contributed by atoms with Crippen LogP contribution in [0.2, 0.25) is 0 Å². The van der Waals surface area contributed by atoms with Gasteiger partial charge in [-0.15, -0.1) is 0 Å². The van der Waals surface area contributed by atoms with E-state index < -0.39 is 18.0 Å². The second-order valence-corrected chi connectivity index (χ2v) is 5.19. The van der Waals surface area contributed by atoms with Crippen LogP contribution in [0.1, 0.15) is 32.1 Å². The van der Waals surface area contributed by atoms with Crippen molar-refractivity contribution in [3.05, 3.63) is 0 Å². The third-order valence-corrected chi connectivity index (χ3v) is 3.81. The predicted octanol–water partition coefficient (Wildman–Crippen LogP) is 2.24. The molecule has 0 spiro atoms. The number of nitrogens with two attached hydrogens (primary N) is 1. The molecule has 1 fully saturated rings. The zero-order valence-electron chi connectivity index (χ0n) is 10.2. The number of carbonyl (C=O) groups excluding carboxylic acids is 1. The van der Waals surface area contributed by atoms with Gasteiger partial charge < -0.3 is 10.6 Å². The fraction of sp³-hybridized carbons (Fsp3) is 0.818. The maximum Gasteiger partial charge on any atom is 0.390 e. The van der Waals surface area contributed by atoms with Crippen molar-refractivity contribution in [2.75, 3.05) is 13.6 Å². The molecule has 1 aliphatic rings. The molecule has 1 amide bonds. The maximum atomic E-state index is 12.2. The van der Waals surface area contributed by atoms with Crippen LogP contribution in [0.25, 0.3) is 0 Å². The number of amides is 1. The van der Waals surface area contributed by atoms with Crippen LogP contribution >= 0.6 is 12.2 Å². The molecule has 0 saturated heterocycles. The second kappa shape index (κ2) is 5.42. The molecular weight excluding hydrogens is 265 g/mol. The van der Waals surface area contributed by atoms with E-state index in [1.165, 1.54) is 7.05 Å². The van der Waals surface area contributed by atoms with Gasteiger partial charge in [-0.1, -0.05) is 25.1 Å². The van der Waals surface area contributed by atoms with Crippen LogP contribution < -0.4 is 5.73 Å². The van der Waals surface area contributed by atoms with Crippen LogP contribution in [0.5, 0.6) is 0 Å². The Morgan fingerprint density at radius 2 is 1.89 bits per heavy atom. The summed E-state index contributed by atoms with van der Waals surface area (Å²) in [5.41, 5.74) is 4.69. The Morgan fingerprint density at radius 1 is 1.39 bits per heavy atom. The number of nitrogens with zero attached hydrogens (tertiary/aromatic N) is 1. The fourth-order valence-corrected chi connectivity index (χ4v) is 2.60. The summed E-state index contributed by atoms with van der Waals surface area (Å²) >= 11 is 4.93. The minimum Gasteiger partial charge on any atom is -0.392 e. The Bertz CT molecular complexity index is 338. The summed E-state index contributed by atoms with van der Waals surface area (Å²) < 4.78 is 36.4. The van der Waals surface area contributed by atoms with Crippen molar-refractivity contribution in [3.8, 4) is 0 Å². The van der Waals surface area contributed by atoms with Crippen LogP contribution in [0.3, 0.4) is 0 Å². The molecule has 1 saturated carbocycles. The van der Waals surface area contributed by atoms with Crippen LogP contribution in [-0.4, -0.2) is 35.6 Å². The molecule has 18 heavy (non-hydrogen) atoms. The van der Waals surface area contributed by atoms with Gasteiger partial charge in [0.25, 0.3) is 0 Å². The molecule has 104 valence electrons. The van der Waals surface area contributed by atoms with Gasteiger partial charge in [0.2, 0.25) is 5.91 Å². The lowest BCUT2D eigenvalue weighted by Crippen LogP contribution is -2.48. The third-order valence-electron chi connectivity index (χ3n) is 3.42. The van der Waals surface area contributed by atoms with Crippen LogP contribution in [0.15, 0.2) is 0 Å². The molecule has 0 aromatic rings. The lowest BCUT2D eigenvalue weighted by molar-refractivity contribution is -0.147. The van der Waals surface area contributed by atoms with Gasteiger partial charge in [0.15, 0.2) is 0 Å². The second-order valence-electron chi connectivity index (χ2n) is 4.75. The minimum absolute atomic E-state index is 0.101. The first-order valence-corrected chi connectivity index (χ1v) is 6.22.